The summed E-state index contributed by atoms with van der Waals surface area (Å²) in [6.07, 6.45) is 0. The fourth-order valence-electron chi connectivity index (χ4n) is 2.54. The Morgan fingerprint density at radius 1 is 1.22 bits per heavy atom. The maximum absolute atomic E-state index is 12.6. The van der Waals surface area contributed by atoms with Crippen LogP contribution in [0.4, 0.5) is 10.8 Å². The standard InChI is InChI=1S/C18H18N2O2S/c1-12-8-9-15(13(2)10-12)20(17(21)11-22-3)18-19-14-6-4-5-7-16(14)23-18/h4-10H,11H2,1-3H3. The van der Waals surface area contributed by atoms with Crippen molar-refractivity contribution in [2.24, 2.45) is 0 Å². The van der Waals surface area contributed by atoms with Gasteiger partial charge in [-0.25, -0.2) is 4.98 Å². The number of hydrogen-bond acceptors (Lipinski definition) is 4. The normalized spacial score (nSPS) is 10.9. The zero-order valence-corrected chi connectivity index (χ0v) is 14.2. The van der Waals surface area contributed by atoms with Gasteiger partial charge in [0.05, 0.1) is 15.9 Å². The number of anilines is 2. The molecule has 0 saturated heterocycles. The molecule has 23 heavy (non-hydrogen) atoms. The van der Waals surface area contributed by atoms with Gasteiger partial charge >= 0.3 is 0 Å². The predicted octanol–water partition coefficient (Wildman–Crippen LogP) is 4.22. The Kier molecular flexibility index (Phi) is 4.41. The lowest BCUT2D eigenvalue weighted by Crippen LogP contribution is -2.29. The first-order chi connectivity index (χ1) is 11.1. The molecule has 0 unspecified atom stereocenters. The van der Waals surface area contributed by atoms with Crippen LogP contribution in [0.15, 0.2) is 42.5 Å². The summed E-state index contributed by atoms with van der Waals surface area (Å²) in [5.41, 5.74) is 3.94. The highest BCUT2D eigenvalue weighted by Gasteiger charge is 2.23. The van der Waals surface area contributed by atoms with E-state index in [9.17, 15) is 4.79 Å². The van der Waals surface area contributed by atoms with E-state index >= 15 is 0 Å². The van der Waals surface area contributed by atoms with Gasteiger partial charge in [-0.3, -0.25) is 9.69 Å². The van der Waals surface area contributed by atoms with Crippen LogP contribution in [-0.2, 0) is 9.53 Å². The number of benzene rings is 2. The average molecular weight is 326 g/mol. The van der Waals surface area contributed by atoms with Crippen LogP contribution in [0.2, 0.25) is 0 Å². The van der Waals surface area contributed by atoms with Crippen molar-refractivity contribution in [3.8, 4) is 0 Å². The molecule has 0 saturated carbocycles. The van der Waals surface area contributed by atoms with Crippen molar-refractivity contribution in [3.63, 3.8) is 0 Å². The quantitative estimate of drug-likeness (QED) is 0.721. The van der Waals surface area contributed by atoms with Crippen molar-refractivity contribution in [2.75, 3.05) is 18.6 Å². The second kappa shape index (κ2) is 6.48. The Labute approximate surface area is 139 Å². The molecule has 0 aliphatic carbocycles. The van der Waals surface area contributed by atoms with Gasteiger partial charge in [0.25, 0.3) is 5.91 Å². The van der Waals surface area contributed by atoms with Crippen molar-refractivity contribution >= 4 is 38.3 Å². The molecule has 0 spiro atoms. The molecule has 0 fully saturated rings. The smallest absolute Gasteiger partial charge is 0.259 e. The van der Waals surface area contributed by atoms with Crippen LogP contribution in [0.3, 0.4) is 0 Å². The summed E-state index contributed by atoms with van der Waals surface area (Å²) in [4.78, 5) is 18.9. The number of carbonyl (C=O) groups excluding carboxylic acids is 1. The molecule has 0 atom stereocenters. The van der Waals surface area contributed by atoms with Crippen LogP contribution in [0.1, 0.15) is 11.1 Å². The van der Waals surface area contributed by atoms with Crippen LogP contribution in [0.25, 0.3) is 10.2 Å². The predicted molar refractivity (Wildman–Crippen MR) is 94.6 cm³/mol. The second-order valence-electron chi connectivity index (χ2n) is 5.42. The van der Waals surface area contributed by atoms with E-state index in [2.05, 4.69) is 11.1 Å². The fourth-order valence-corrected chi connectivity index (χ4v) is 3.54. The number of methoxy groups -OCH3 is 1. The van der Waals surface area contributed by atoms with Crippen molar-refractivity contribution in [2.45, 2.75) is 13.8 Å². The van der Waals surface area contributed by atoms with E-state index in [1.54, 1.807) is 4.90 Å². The molecule has 3 rings (SSSR count). The van der Waals surface area contributed by atoms with Crippen molar-refractivity contribution < 1.29 is 9.53 Å². The molecule has 2 aromatic carbocycles. The molecule has 3 aromatic rings. The monoisotopic (exact) mass is 326 g/mol. The number of aryl methyl sites for hydroxylation is 2. The average Bonchev–Trinajstić information content (AvgIpc) is 2.93. The third-order valence-corrected chi connectivity index (χ3v) is 4.61. The summed E-state index contributed by atoms with van der Waals surface area (Å²) in [7, 11) is 1.52. The third-order valence-electron chi connectivity index (χ3n) is 3.58. The number of aromatic nitrogens is 1. The number of rotatable bonds is 4. The summed E-state index contributed by atoms with van der Waals surface area (Å²) in [5.74, 6) is -0.126. The minimum Gasteiger partial charge on any atom is -0.375 e. The number of para-hydroxylation sites is 1. The van der Waals surface area contributed by atoms with Gasteiger partial charge in [-0.05, 0) is 37.6 Å². The number of hydrogen-bond donors (Lipinski definition) is 0. The molecule has 118 valence electrons. The molecule has 1 amide bonds. The van der Waals surface area contributed by atoms with Gasteiger partial charge in [-0.2, -0.15) is 0 Å². The minimum atomic E-state index is -0.126. The highest BCUT2D eigenvalue weighted by Crippen LogP contribution is 2.35. The third kappa shape index (κ3) is 3.11. The van der Waals surface area contributed by atoms with Gasteiger partial charge in [0.15, 0.2) is 5.13 Å². The van der Waals surface area contributed by atoms with Gasteiger partial charge in [-0.15, -0.1) is 0 Å². The number of fused-ring (bicyclic) bond motifs is 1. The van der Waals surface area contributed by atoms with E-state index in [0.717, 1.165) is 27.0 Å². The molecule has 5 heteroatoms. The first-order valence-electron chi connectivity index (χ1n) is 7.35. The number of amides is 1. The summed E-state index contributed by atoms with van der Waals surface area (Å²) in [6, 6.07) is 13.9. The van der Waals surface area contributed by atoms with Gasteiger partial charge in [0.2, 0.25) is 0 Å². The Balaban J connectivity index is 2.13. The van der Waals surface area contributed by atoms with Crippen LogP contribution < -0.4 is 4.90 Å². The molecule has 0 aliphatic rings. The Hall–Kier alpha value is -2.24. The van der Waals surface area contributed by atoms with E-state index in [1.165, 1.54) is 18.4 Å². The maximum Gasteiger partial charge on any atom is 0.259 e. The molecule has 0 N–H and O–H groups in total. The van der Waals surface area contributed by atoms with Crippen LogP contribution in [0, 0.1) is 13.8 Å². The number of nitrogens with zero attached hydrogens (tertiary/aromatic N) is 2. The highest BCUT2D eigenvalue weighted by molar-refractivity contribution is 7.22. The molecule has 0 radical (unpaired) electrons. The molecular weight excluding hydrogens is 308 g/mol. The Bertz CT molecular complexity index is 824. The van der Waals surface area contributed by atoms with E-state index < -0.39 is 0 Å². The van der Waals surface area contributed by atoms with E-state index in [4.69, 9.17) is 4.74 Å². The topological polar surface area (TPSA) is 42.4 Å². The zero-order chi connectivity index (χ0) is 16.4. The molecular formula is C18H18N2O2S. The maximum atomic E-state index is 12.6. The van der Waals surface area contributed by atoms with E-state index in [0.29, 0.717) is 5.13 Å². The molecule has 0 aliphatic heterocycles. The summed E-state index contributed by atoms with van der Waals surface area (Å²) in [6.45, 7) is 4.06. The summed E-state index contributed by atoms with van der Waals surface area (Å²) < 4.78 is 6.11. The number of carbonyl (C=O) groups is 1. The number of thiazole rings is 1. The highest BCUT2D eigenvalue weighted by atomic mass is 32.1. The SMILES string of the molecule is COCC(=O)N(c1nc2ccccc2s1)c1ccc(C)cc1C. The van der Waals surface area contributed by atoms with Crippen molar-refractivity contribution in [1.29, 1.82) is 0 Å². The fraction of sp³-hybridized carbons (Fsp3) is 0.222. The lowest BCUT2D eigenvalue weighted by Gasteiger charge is -2.21. The first kappa shape index (κ1) is 15.6. The van der Waals surface area contributed by atoms with Crippen LogP contribution in [0.5, 0.6) is 0 Å². The van der Waals surface area contributed by atoms with Crippen molar-refractivity contribution in [3.05, 3.63) is 53.6 Å². The molecule has 0 bridgehead atoms. The van der Waals surface area contributed by atoms with Gasteiger partial charge in [-0.1, -0.05) is 41.2 Å². The largest absolute Gasteiger partial charge is 0.375 e. The molecule has 1 heterocycles. The Morgan fingerprint density at radius 2 is 2.00 bits per heavy atom. The molecule has 4 nitrogen and oxygen atoms in total. The van der Waals surface area contributed by atoms with Crippen molar-refractivity contribution in [1.82, 2.24) is 4.98 Å². The summed E-state index contributed by atoms with van der Waals surface area (Å²) >= 11 is 1.51. The first-order valence-corrected chi connectivity index (χ1v) is 8.16. The summed E-state index contributed by atoms with van der Waals surface area (Å²) in [5, 5.41) is 0.667. The van der Waals surface area contributed by atoms with E-state index in [1.807, 2.05) is 50.2 Å². The lowest BCUT2D eigenvalue weighted by atomic mass is 10.1. The van der Waals surface area contributed by atoms with Gasteiger partial charge in [0.1, 0.15) is 6.61 Å². The second-order valence-corrected chi connectivity index (χ2v) is 6.43. The zero-order valence-electron chi connectivity index (χ0n) is 13.4. The van der Waals surface area contributed by atoms with Gasteiger partial charge < -0.3 is 4.74 Å². The van der Waals surface area contributed by atoms with Crippen LogP contribution >= 0.6 is 11.3 Å². The number of ether oxygens (including phenoxy) is 1. The van der Waals surface area contributed by atoms with Gasteiger partial charge in [0, 0.05) is 7.11 Å². The molecule has 1 aromatic heterocycles. The Morgan fingerprint density at radius 3 is 2.70 bits per heavy atom. The van der Waals surface area contributed by atoms with E-state index in [-0.39, 0.29) is 12.5 Å². The van der Waals surface area contributed by atoms with Crippen LogP contribution in [-0.4, -0.2) is 24.6 Å². The lowest BCUT2D eigenvalue weighted by molar-refractivity contribution is -0.121. The minimum absolute atomic E-state index is 0.0171.